The van der Waals surface area contributed by atoms with Crippen LogP contribution in [0, 0.1) is 5.82 Å². The van der Waals surface area contributed by atoms with Crippen molar-refractivity contribution in [2.75, 3.05) is 18.9 Å². The number of nitrogens with zero attached hydrogens (tertiary/aromatic N) is 3. The number of aliphatic hydroxyl groups is 1. The summed E-state index contributed by atoms with van der Waals surface area (Å²) in [6, 6.07) is 12.4. The molecule has 3 N–H and O–H groups in total. The molecule has 0 spiro atoms. The van der Waals surface area contributed by atoms with Gasteiger partial charge in [0.25, 0.3) is 0 Å². The average Bonchev–Trinajstić information content (AvgIpc) is 2.83. The van der Waals surface area contributed by atoms with E-state index >= 15 is 4.39 Å². The first-order valence-electron chi connectivity index (χ1n) is 10.8. The fourth-order valence-corrected chi connectivity index (χ4v) is 5.77. The van der Waals surface area contributed by atoms with Gasteiger partial charge in [-0.3, -0.25) is 4.98 Å². The van der Waals surface area contributed by atoms with Crippen molar-refractivity contribution < 1.29 is 13.7 Å². The van der Waals surface area contributed by atoms with E-state index in [1.807, 2.05) is 28.6 Å². The molecule has 4 rings (SSSR count). The zero-order chi connectivity index (χ0) is 22.5. The van der Waals surface area contributed by atoms with Crippen LogP contribution in [0.4, 0.5) is 10.2 Å². The smallest absolute Gasteiger partial charge is 0.141 e. The topological polar surface area (TPSA) is 92.3 Å². The van der Waals surface area contributed by atoms with E-state index in [1.165, 1.54) is 24.9 Å². The van der Waals surface area contributed by atoms with Crippen molar-refractivity contribution >= 4 is 16.8 Å². The van der Waals surface area contributed by atoms with E-state index in [0.29, 0.717) is 33.8 Å². The Morgan fingerprint density at radius 1 is 1.06 bits per heavy atom. The summed E-state index contributed by atoms with van der Waals surface area (Å²) in [5, 5.41) is 9.60. The molecule has 32 heavy (non-hydrogen) atoms. The summed E-state index contributed by atoms with van der Waals surface area (Å²) < 4.78 is 30.5. The molecule has 0 aliphatic heterocycles. The van der Waals surface area contributed by atoms with Gasteiger partial charge in [0.1, 0.15) is 22.6 Å². The van der Waals surface area contributed by atoms with Gasteiger partial charge in [0.15, 0.2) is 0 Å². The number of hydrogen-bond donors (Lipinski definition) is 2. The highest BCUT2D eigenvalue weighted by Gasteiger charge is 2.27. The molecule has 2 aromatic carbocycles. The first kappa shape index (κ1) is 22.5. The molecule has 0 saturated heterocycles. The summed E-state index contributed by atoms with van der Waals surface area (Å²) in [7, 11) is -1.47. The molecule has 1 atom stereocenters. The minimum atomic E-state index is -1.47. The lowest BCUT2D eigenvalue weighted by Crippen LogP contribution is -2.40. The molecule has 1 aromatic heterocycles. The van der Waals surface area contributed by atoms with Crippen molar-refractivity contribution in [1.29, 1.82) is 0 Å². The van der Waals surface area contributed by atoms with Gasteiger partial charge in [-0.15, -0.1) is 0 Å². The van der Waals surface area contributed by atoms with Gasteiger partial charge in [-0.2, -0.15) is 0 Å². The maximum absolute atomic E-state index is 15.0. The Labute approximate surface area is 189 Å². The highest BCUT2D eigenvalue weighted by atomic mass is 32.2. The van der Waals surface area contributed by atoms with Crippen LogP contribution in [0.1, 0.15) is 32.1 Å². The van der Waals surface area contributed by atoms with Gasteiger partial charge < -0.3 is 10.8 Å². The van der Waals surface area contributed by atoms with E-state index in [1.54, 1.807) is 12.1 Å². The second-order valence-corrected chi connectivity index (χ2v) is 9.33. The standard InChI is InChI=1S/C24H27FN4O2S/c25-21-14-17(10-11-20(21)22-15-28-24(26)16-27-22)19-8-4-5-9-23(19)32(31)29(12-13-30)18-6-2-1-3-7-18/h4-5,8-11,14-16,18,30H,1-3,6-7,12-13H2,(H2,26,28). The molecule has 8 heteroatoms. The van der Waals surface area contributed by atoms with Gasteiger partial charge in [-0.05, 0) is 42.2 Å². The van der Waals surface area contributed by atoms with Crippen molar-refractivity contribution in [2.24, 2.45) is 0 Å². The van der Waals surface area contributed by atoms with E-state index in [2.05, 4.69) is 9.97 Å². The molecule has 1 fully saturated rings. The fraction of sp³-hybridized carbons (Fsp3) is 0.333. The molecule has 1 heterocycles. The zero-order valence-corrected chi connectivity index (χ0v) is 18.6. The number of aromatic nitrogens is 2. The van der Waals surface area contributed by atoms with Crippen molar-refractivity contribution in [2.45, 2.75) is 43.0 Å². The SMILES string of the molecule is Nc1cnc(-c2ccc(-c3ccccc3S(=O)N(CCO)C3CCCCC3)cc2F)cn1. The highest BCUT2D eigenvalue weighted by molar-refractivity contribution is 7.82. The zero-order valence-electron chi connectivity index (χ0n) is 17.8. The predicted octanol–water partition coefficient (Wildman–Crippen LogP) is 4.18. The van der Waals surface area contributed by atoms with Gasteiger partial charge in [0.05, 0.1) is 29.6 Å². The van der Waals surface area contributed by atoms with Gasteiger partial charge in [-0.25, -0.2) is 17.9 Å². The first-order valence-corrected chi connectivity index (χ1v) is 12.0. The van der Waals surface area contributed by atoms with Crippen LogP contribution in [0.5, 0.6) is 0 Å². The lowest BCUT2D eigenvalue weighted by Gasteiger charge is -2.33. The van der Waals surface area contributed by atoms with Crippen LogP contribution in [0.25, 0.3) is 22.4 Å². The Hall–Kier alpha value is -2.68. The molecular weight excluding hydrogens is 427 g/mol. The third-order valence-electron chi connectivity index (χ3n) is 5.82. The number of rotatable bonds is 7. The molecule has 1 saturated carbocycles. The van der Waals surface area contributed by atoms with Crippen LogP contribution in [0.2, 0.25) is 0 Å². The number of hydrogen-bond acceptors (Lipinski definition) is 5. The number of aliphatic hydroxyl groups excluding tert-OH is 1. The summed E-state index contributed by atoms with van der Waals surface area (Å²) in [4.78, 5) is 8.74. The van der Waals surface area contributed by atoms with Gasteiger partial charge in [0, 0.05) is 18.2 Å². The lowest BCUT2D eigenvalue weighted by atomic mass is 9.95. The maximum Gasteiger partial charge on any atom is 0.141 e. The molecule has 0 bridgehead atoms. The number of anilines is 1. The first-order chi connectivity index (χ1) is 15.6. The number of benzene rings is 2. The van der Waals surface area contributed by atoms with Crippen LogP contribution >= 0.6 is 0 Å². The van der Waals surface area contributed by atoms with Crippen LogP contribution in [-0.4, -0.2) is 42.8 Å². The van der Waals surface area contributed by atoms with E-state index in [0.717, 1.165) is 25.7 Å². The molecule has 1 aliphatic rings. The van der Waals surface area contributed by atoms with Crippen LogP contribution in [-0.2, 0) is 11.0 Å². The minimum Gasteiger partial charge on any atom is -0.395 e. The minimum absolute atomic E-state index is 0.0592. The lowest BCUT2D eigenvalue weighted by molar-refractivity contribution is 0.205. The fourth-order valence-electron chi connectivity index (χ4n) is 4.22. The molecule has 3 aromatic rings. The third-order valence-corrected chi connectivity index (χ3v) is 7.46. The van der Waals surface area contributed by atoms with Crippen molar-refractivity contribution in [3.63, 3.8) is 0 Å². The van der Waals surface area contributed by atoms with E-state index < -0.39 is 16.8 Å². The molecule has 1 unspecified atom stereocenters. The predicted molar refractivity (Wildman–Crippen MR) is 124 cm³/mol. The second kappa shape index (κ2) is 10.3. The molecule has 6 nitrogen and oxygen atoms in total. The van der Waals surface area contributed by atoms with Crippen LogP contribution in [0.15, 0.2) is 59.8 Å². The number of nitrogens with two attached hydrogens (primary N) is 1. The Morgan fingerprint density at radius 2 is 1.84 bits per heavy atom. The van der Waals surface area contributed by atoms with E-state index in [-0.39, 0.29) is 18.5 Å². The maximum atomic E-state index is 15.0. The largest absolute Gasteiger partial charge is 0.395 e. The van der Waals surface area contributed by atoms with Crippen molar-refractivity contribution in [1.82, 2.24) is 14.3 Å². The molecule has 0 amide bonds. The molecule has 1 aliphatic carbocycles. The summed E-state index contributed by atoms with van der Waals surface area (Å²) in [5.41, 5.74) is 7.63. The Kier molecular flexibility index (Phi) is 7.24. The average molecular weight is 455 g/mol. The third kappa shape index (κ3) is 4.87. The van der Waals surface area contributed by atoms with E-state index in [9.17, 15) is 9.32 Å². The van der Waals surface area contributed by atoms with Crippen molar-refractivity contribution in [3.8, 4) is 22.4 Å². The van der Waals surface area contributed by atoms with Gasteiger partial charge >= 0.3 is 0 Å². The van der Waals surface area contributed by atoms with E-state index in [4.69, 9.17) is 5.73 Å². The normalized spacial score (nSPS) is 15.7. The molecular formula is C24H27FN4O2S. The Morgan fingerprint density at radius 3 is 2.53 bits per heavy atom. The number of nitrogen functional groups attached to an aromatic ring is 1. The van der Waals surface area contributed by atoms with Crippen molar-refractivity contribution in [3.05, 3.63) is 60.7 Å². The van der Waals surface area contributed by atoms with Gasteiger partial charge in [-0.1, -0.05) is 43.5 Å². The van der Waals surface area contributed by atoms with Crippen LogP contribution in [0.3, 0.4) is 0 Å². The number of halogens is 1. The highest BCUT2D eigenvalue weighted by Crippen LogP contribution is 2.33. The summed E-state index contributed by atoms with van der Waals surface area (Å²) in [6.07, 6.45) is 8.17. The Bertz CT molecular complexity index is 1090. The summed E-state index contributed by atoms with van der Waals surface area (Å²) in [5.74, 6) is -0.172. The molecule has 168 valence electrons. The Balaban J connectivity index is 1.67. The summed E-state index contributed by atoms with van der Waals surface area (Å²) >= 11 is 0. The molecule has 0 radical (unpaired) electrons. The summed E-state index contributed by atoms with van der Waals surface area (Å²) in [6.45, 7) is 0.283. The monoisotopic (exact) mass is 454 g/mol. The quantitative estimate of drug-likeness (QED) is 0.559. The second-order valence-electron chi connectivity index (χ2n) is 7.92. The van der Waals surface area contributed by atoms with Crippen LogP contribution < -0.4 is 5.73 Å². The van der Waals surface area contributed by atoms with Gasteiger partial charge in [0.2, 0.25) is 0 Å².